The summed E-state index contributed by atoms with van der Waals surface area (Å²) in [4.78, 5) is 16.4. The molecule has 0 aliphatic rings. The van der Waals surface area contributed by atoms with Gasteiger partial charge in [0.15, 0.2) is 0 Å². The summed E-state index contributed by atoms with van der Waals surface area (Å²) in [5.74, 6) is 0.0163. The Labute approximate surface area is 113 Å². The number of hydrogen-bond acceptors (Lipinski definition) is 4. The molecule has 4 nitrogen and oxygen atoms in total. The van der Waals surface area contributed by atoms with Crippen molar-refractivity contribution in [1.82, 2.24) is 15.6 Å². The first kappa shape index (κ1) is 15.1. The van der Waals surface area contributed by atoms with E-state index in [-0.39, 0.29) is 23.5 Å². The summed E-state index contributed by atoms with van der Waals surface area (Å²) < 4.78 is 0. The summed E-state index contributed by atoms with van der Waals surface area (Å²) in [5.41, 5.74) is 0.823. The predicted molar refractivity (Wildman–Crippen MR) is 75.8 cm³/mol. The molecule has 1 aromatic rings. The third-order valence-corrected chi connectivity index (χ3v) is 3.54. The first-order chi connectivity index (χ1) is 8.19. The SMILES string of the molecule is Cc1csc(C(C)NC(C)C(=O)NC(C)(C)C)n1. The highest BCUT2D eigenvalue weighted by Gasteiger charge is 2.21. The maximum Gasteiger partial charge on any atom is 0.237 e. The van der Waals surface area contributed by atoms with E-state index >= 15 is 0 Å². The van der Waals surface area contributed by atoms with Crippen LogP contribution in [0.25, 0.3) is 0 Å². The minimum atomic E-state index is -0.233. The molecule has 0 bridgehead atoms. The fraction of sp³-hybridized carbons (Fsp3) is 0.692. The number of nitrogens with zero attached hydrogens (tertiary/aromatic N) is 1. The first-order valence-electron chi connectivity index (χ1n) is 6.19. The predicted octanol–water partition coefficient (Wildman–Crippen LogP) is 2.41. The van der Waals surface area contributed by atoms with Crippen molar-refractivity contribution in [1.29, 1.82) is 0 Å². The topological polar surface area (TPSA) is 54.0 Å². The van der Waals surface area contributed by atoms with Crippen molar-refractivity contribution in [2.45, 2.75) is 59.2 Å². The molecule has 0 aliphatic carbocycles. The van der Waals surface area contributed by atoms with Crippen molar-refractivity contribution in [3.8, 4) is 0 Å². The molecule has 0 radical (unpaired) electrons. The van der Waals surface area contributed by atoms with Gasteiger partial charge in [0.2, 0.25) is 5.91 Å². The average molecular weight is 269 g/mol. The number of nitrogens with one attached hydrogen (secondary N) is 2. The minimum absolute atomic E-state index is 0.0163. The Balaban J connectivity index is 2.54. The molecule has 0 saturated carbocycles. The van der Waals surface area contributed by atoms with Crippen LogP contribution in [0.5, 0.6) is 0 Å². The van der Waals surface area contributed by atoms with Gasteiger partial charge in [-0.25, -0.2) is 4.98 Å². The van der Waals surface area contributed by atoms with Crippen LogP contribution in [0.15, 0.2) is 5.38 Å². The van der Waals surface area contributed by atoms with Crippen LogP contribution in [0.2, 0.25) is 0 Å². The molecular weight excluding hydrogens is 246 g/mol. The van der Waals surface area contributed by atoms with Gasteiger partial charge in [0.1, 0.15) is 5.01 Å². The number of amides is 1. The Morgan fingerprint density at radius 1 is 1.39 bits per heavy atom. The van der Waals surface area contributed by atoms with Gasteiger partial charge in [0.25, 0.3) is 0 Å². The second kappa shape index (κ2) is 5.80. The highest BCUT2D eigenvalue weighted by Crippen LogP contribution is 2.17. The number of thiazole rings is 1. The Kier molecular flexibility index (Phi) is 4.87. The summed E-state index contributed by atoms with van der Waals surface area (Å²) >= 11 is 1.62. The van der Waals surface area contributed by atoms with Gasteiger partial charge in [0.05, 0.1) is 12.1 Å². The van der Waals surface area contributed by atoms with Gasteiger partial charge >= 0.3 is 0 Å². The summed E-state index contributed by atoms with van der Waals surface area (Å²) in [6, 6.07) is -0.146. The van der Waals surface area contributed by atoms with Gasteiger partial charge < -0.3 is 5.32 Å². The molecular formula is C13H23N3OS. The van der Waals surface area contributed by atoms with E-state index in [0.717, 1.165) is 10.7 Å². The molecule has 5 heteroatoms. The van der Waals surface area contributed by atoms with Crippen LogP contribution in [-0.4, -0.2) is 22.5 Å². The quantitative estimate of drug-likeness (QED) is 0.882. The Bertz CT molecular complexity index is 409. The molecule has 18 heavy (non-hydrogen) atoms. The summed E-state index contributed by atoms with van der Waals surface area (Å²) in [6.45, 7) is 11.8. The van der Waals surface area contributed by atoms with Crippen molar-refractivity contribution in [2.24, 2.45) is 0 Å². The van der Waals surface area contributed by atoms with Crippen molar-refractivity contribution in [3.63, 3.8) is 0 Å². The molecule has 1 rings (SSSR count). The van der Waals surface area contributed by atoms with Gasteiger partial charge in [-0.2, -0.15) is 0 Å². The molecule has 1 amide bonds. The van der Waals surface area contributed by atoms with Crippen LogP contribution in [0, 0.1) is 6.92 Å². The van der Waals surface area contributed by atoms with Crippen LogP contribution in [0.3, 0.4) is 0 Å². The second-order valence-electron chi connectivity index (χ2n) is 5.68. The van der Waals surface area contributed by atoms with Gasteiger partial charge in [-0.15, -0.1) is 11.3 Å². The zero-order chi connectivity index (χ0) is 13.9. The molecule has 1 aromatic heterocycles. The number of carbonyl (C=O) groups excluding carboxylic acids is 1. The largest absolute Gasteiger partial charge is 0.350 e. The second-order valence-corrected chi connectivity index (χ2v) is 6.57. The van der Waals surface area contributed by atoms with Crippen molar-refractivity contribution in [2.75, 3.05) is 0 Å². The van der Waals surface area contributed by atoms with E-state index < -0.39 is 0 Å². The monoisotopic (exact) mass is 269 g/mol. The molecule has 2 unspecified atom stereocenters. The van der Waals surface area contributed by atoms with Crippen LogP contribution >= 0.6 is 11.3 Å². The third kappa shape index (κ3) is 4.74. The maximum atomic E-state index is 11.9. The molecule has 0 spiro atoms. The molecule has 0 aliphatic heterocycles. The number of carbonyl (C=O) groups is 1. The fourth-order valence-electron chi connectivity index (χ4n) is 1.57. The third-order valence-electron chi connectivity index (χ3n) is 2.40. The summed E-state index contributed by atoms with van der Waals surface area (Å²) in [5, 5.41) is 9.27. The molecule has 0 saturated heterocycles. The van der Waals surface area contributed by atoms with Crippen molar-refractivity contribution < 1.29 is 4.79 Å². The van der Waals surface area contributed by atoms with Gasteiger partial charge in [-0.1, -0.05) is 0 Å². The number of aryl methyl sites for hydroxylation is 1. The van der Waals surface area contributed by atoms with E-state index in [1.54, 1.807) is 11.3 Å². The first-order valence-corrected chi connectivity index (χ1v) is 7.07. The standard InChI is InChI=1S/C13H23N3OS/c1-8-7-18-12(14-8)10(3)15-9(2)11(17)16-13(4,5)6/h7,9-10,15H,1-6H3,(H,16,17). The molecule has 1 heterocycles. The van der Waals surface area contributed by atoms with Crippen molar-refractivity contribution >= 4 is 17.2 Å². The molecule has 0 fully saturated rings. The van der Waals surface area contributed by atoms with Crippen LogP contribution in [0.1, 0.15) is 51.4 Å². The number of aromatic nitrogens is 1. The highest BCUT2D eigenvalue weighted by atomic mass is 32.1. The number of rotatable bonds is 4. The van der Waals surface area contributed by atoms with Crippen molar-refractivity contribution in [3.05, 3.63) is 16.1 Å². The molecule has 2 atom stereocenters. The minimum Gasteiger partial charge on any atom is -0.350 e. The smallest absolute Gasteiger partial charge is 0.237 e. The number of hydrogen-bond donors (Lipinski definition) is 2. The van der Waals surface area contributed by atoms with Gasteiger partial charge in [-0.3, -0.25) is 10.1 Å². The van der Waals surface area contributed by atoms with E-state index in [4.69, 9.17) is 0 Å². The van der Waals surface area contributed by atoms with E-state index in [0.29, 0.717) is 0 Å². The lowest BCUT2D eigenvalue weighted by atomic mass is 10.1. The van der Waals surface area contributed by atoms with E-state index in [1.165, 1.54) is 0 Å². The Morgan fingerprint density at radius 2 is 2.00 bits per heavy atom. The molecule has 102 valence electrons. The fourth-order valence-corrected chi connectivity index (χ4v) is 2.38. The lowest BCUT2D eigenvalue weighted by Crippen LogP contribution is -2.49. The molecule has 2 N–H and O–H groups in total. The highest BCUT2D eigenvalue weighted by molar-refractivity contribution is 7.09. The zero-order valence-electron chi connectivity index (χ0n) is 12.0. The van der Waals surface area contributed by atoms with Crippen LogP contribution in [-0.2, 0) is 4.79 Å². The van der Waals surface area contributed by atoms with E-state index in [9.17, 15) is 4.79 Å². The Morgan fingerprint density at radius 3 is 2.44 bits per heavy atom. The van der Waals surface area contributed by atoms with E-state index in [1.807, 2.05) is 46.9 Å². The normalized spacial score (nSPS) is 15.2. The van der Waals surface area contributed by atoms with Crippen LogP contribution < -0.4 is 10.6 Å². The summed E-state index contributed by atoms with van der Waals surface area (Å²) in [7, 11) is 0. The maximum absolute atomic E-state index is 11.9. The Hall–Kier alpha value is -0.940. The van der Waals surface area contributed by atoms with Crippen LogP contribution in [0.4, 0.5) is 0 Å². The summed E-state index contributed by atoms with van der Waals surface area (Å²) in [6.07, 6.45) is 0. The zero-order valence-corrected chi connectivity index (χ0v) is 12.8. The van der Waals surface area contributed by atoms with Gasteiger partial charge in [0, 0.05) is 16.6 Å². The lowest BCUT2D eigenvalue weighted by molar-refractivity contribution is -0.124. The molecule has 0 aromatic carbocycles. The lowest BCUT2D eigenvalue weighted by Gasteiger charge is -2.25. The average Bonchev–Trinajstić information content (AvgIpc) is 2.62. The van der Waals surface area contributed by atoms with Gasteiger partial charge in [-0.05, 0) is 41.5 Å². The van der Waals surface area contributed by atoms with E-state index in [2.05, 4.69) is 15.6 Å².